The second-order valence-corrected chi connectivity index (χ2v) is 43.1. The Hall–Kier alpha value is -1.42. The van der Waals surface area contributed by atoms with Crippen molar-refractivity contribution in [1.82, 2.24) is 0 Å². The van der Waals surface area contributed by atoms with Crippen LogP contribution in [0, 0.1) is 11.8 Å². The topological polar surface area (TPSA) is 72.5 Å². The fourth-order valence-corrected chi connectivity index (χ4v) is 11.2. The van der Waals surface area contributed by atoms with Gasteiger partial charge in [-0.3, -0.25) is 0 Å². The molecule has 7 nitrogen and oxygen atoms in total. The summed E-state index contributed by atoms with van der Waals surface area (Å²) in [4.78, 5) is 12.3. The fraction of sp³-hybridized carbons (Fsp3) is 0.745. The van der Waals surface area contributed by atoms with Gasteiger partial charge in [-0.1, -0.05) is 133 Å². The number of carbonyl (C=O) groups is 1. The lowest BCUT2D eigenvalue weighted by molar-refractivity contribution is -0.112. The molecule has 0 saturated heterocycles. The van der Waals surface area contributed by atoms with Gasteiger partial charge in [0.25, 0.3) is 0 Å². The summed E-state index contributed by atoms with van der Waals surface area (Å²) in [5.41, 5.74) is 2.20. The van der Waals surface area contributed by atoms with Gasteiger partial charge in [0.1, 0.15) is 12.0 Å². The largest absolute Gasteiger partial charge is 0.497 e. The first-order valence-corrected chi connectivity index (χ1v) is 34.9. The van der Waals surface area contributed by atoms with Crippen molar-refractivity contribution >= 4 is 39.6 Å². The average molecular weight is 934 g/mol. The lowest BCUT2D eigenvalue weighted by Gasteiger charge is -2.46. The van der Waals surface area contributed by atoms with Gasteiger partial charge >= 0.3 is 0 Å². The van der Waals surface area contributed by atoms with Crippen LogP contribution in [-0.4, -0.2) is 77.2 Å². The smallest absolute Gasteiger partial charge is 0.193 e. The zero-order chi connectivity index (χ0) is 48.5. The van der Waals surface area contributed by atoms with E-state index in [1.165, 1.54) is 0 Å². The molecule has 0 N–H and O–H groups in total. The van der Waals surface area contributed by atoms with Crippen molar-refractivity contribution in [2.45, 2.75) is 226 Å². The van der Waals surface area contributed by atoms with Crippen molar-refractivity contribution in [2.24, 2.45) is 11.8 Å². The monoisotopic (exact) mass is 933 g/mol. The molecule has 0 saturated carbocycles. The Balaban J connectivity index is 4.13. The van der Waals surface area contributed by atoms with Crippen LogP contribution in [-0.2, 0) is 33.8 Å². The lowest BCUT2D eigenvalue weighted by Crippen LogP contribution is -2.52. The molecule has 11 heteroatoms. The van der Waals surface area contributed by atoms with E-state index in [0.29, 0.717) is 19.4 Å². The van der Waals surface area contributed by atoms with E-state index in [9.17, 15) is 4.79 Å². The predicted octanol–water partition coefficient (Wildman–Crippen LogP) is 15.1. The summed E-state index contributed by atoms with van der Waals surface area (Å²) in [6.45, 7) is 56.9. The number of ether oxygens (including phenoxy) is 2. The molecule has 7 atom stereocenters. The van der Waals surface area contributed by atoms with Gasteiger partial charge in [0, 0.05) is 18.3 Å². The maximum absolute atomic E-state index is 12.3. The van der Waals surface area contributed by atoms with Crippen LogP contribution in [0.5, 0.6) is 5.75 Å². The van der Waals surface area contributed by atoms with Gasteiger partial charge in [0.2, 0.25) is 0 Å². The standard InChI is InChI=1S/C51H96O7Si4/c1-26-27-43(54-37-41-29-31-42(53-17)32-30-41)35-46(57-61(22,23)50(11,12)13)45(56-60(20,21)49(8,9)10)34-39(3)47(58-62(24,25)51(14,15)16)38(2)28-33-44(40(4)36-52)55-59(18,19)48(5,6)7/h26,28-34,36,38,40,43-47H,1,27,35,37H2,2-25H3/b33-28+,39-34+/t38-,40-,43-,44-,45?,46+,47+/m0/s1. The zero-order valence-corrected chi connectivity index (χ0v) is 48.4. The third-order valence-electron chi connectivity index (χ3n) is 14.6. The lowest BCUT2D eigenvalue weighted by atomic mass is 9.94. The fourth-order valence-electron chi connectivity index (χ4n) is 5.92. The van der Waals surface area contributed by atoms with E-state index >= 15 is 0 Å². The van der Waals surface area contributed by atoms with Crippen LogP contribution in [0.3, 0.4) is 0 Å². The summed E-state index contributed by atoms with van der Waals surface area (Å²) in [5.74, 6) is 0.511. The summed E-state index contributed by atoms with van der Waals surface area (Å²) >= 11 is 0. The molecule has 0 aromatic heterocycles. The molecule has 0 radical (unpaired) electrons. The van der Waals surface area contributed by atoms with E-state index in [4.69, 9.17) is 27.2 Å². The van der Waals surface area contributed by atoms with E-state index in [2.05, 4.69) is 186 Å². The quantitative estimate of drug-likeness (QED) is 0.0581. The van der Waals surface area contributed by atoms with Crippen molar-refractivity contribution in [3.05, 3.63) is 66.3 Å². The van der Waals surface area contributed by atoms with Gasteiger partial charge in [-0.15, -0.1) is 6.58 Å². The number of benzene rings is 1. The molecule has 0 spiro atoms. The Kier molecular flexibility index (Phi) is 21.6. The van der Waals surface area contributed by atoms with E-state index in [-0.39, 0.29) is 62.5 Å². The van der Waals surface area contributed by atoms with Gasteiger partial charge in [0.15, 0.2) is 33.3 Å². The van der Waals surface area contributed by atoms with Gasteiger partial charge in [-0.25, -0.2) is 0 Å². The molecule has 1 unspecified atom stereocenters. The minimum atomic E-state index is -2.37. The molecule has 1 aromatic rings. The molecule has 62 heavy (non-hydrogen) atoms. The van der Waals surface area contributed by atoms with Crippen molar-refractivity contribution in [1.29, 1.82) is 0 Å². The Morgan fingerprint density at radius 2 is 1.08 bits per heavy atom. The number of rotatable bonds is 24. The van der Waals surface area contributed by atoms with E-state index < -0.39 is 33.3 Å². The number of methoxy groups -OCH3 is 1. The summed E-state index contributed by atoms with van der Waals surface area (Å²) in [7, 11) is -7.50. The van der Waals surface area contributed by atoms with Crippen molar-refractivity contribution in [2.75, 3.05) is 7.11 Å². The molecule has 0 fully saturated rings. The van der Waals surface area contributed by atoms with Crippen molar-refractivity contribution < 1.29 is 32.0 Å². The van der Waals surface area contributed by atoms with Gasteiger partial charge < -0.3 is 32.0 Å². The number of carbonyl (C=O) groups excluding carboxylic acids is 1. The minimum Gasteiger partial charge on any atom is -0.497 e. The SMILES string of the molecule is C=CC[C@@H](C[C@@H](O[Si](C)(C)C(C)(C)C)C(/C=C(\C)[C@H](O[Si](C)(C)C(C)(C)C)[C@@H](C)/C=C/[C@H](O[Si](C)(C)C(C)(C)C)[C@@H](C)C=O)O[Si](C)(C)C(C)(C)C)OCc1ccc(OC)cc1. The molecule has 0 aliphatic heterocycles. The second kappa shape index (κ2) is 22.9. The van der Waals surface area contributed by atoms with Crippen LogP contribution in [0.4, 0.5) is 0 Å². The van der Waals surface area contributed by atoms with E-state index in [0.717, 1.165) is 23.2 Å². The first-order chi connectivity index (χ1) is 27.9. The zero-order valence-electron chi connectivity index (χ0n) is 44.4. The first kappa shape index (κ1) is 58.6. The highest BCUT2D eigenvalue weighted by Gasteiger charge is 2.46. The Bertz CT molecular complexity index is 1590. The summed E-state index contributed by atoms with van der Waals surface area (Å²) in [5, 5.41) is -0.0763. The summed E-state index contributed by atoms with van der Waals surface area (Å²) in [6, 6.07) is 8.07. The number of aldehydes is 1. The van der Waals surface area contributed by atoms with Crippen LogP contribution < -0.4 is 4.74 Å². The Labute approximate surface area is 387 Å². The van der Waals surface area contributed by atoms with Crippen molar-refractivity contribution in [3.8, 4) is 5.75 Å². The van der Waals surface area contributed by atoms with Crippen molar-refractivity contribution in [3.63, 3.8) is 0 Å². The molecule has 0 aliphatic carbocycles. The molecule has 0 bridgehead atoms. The second-order valence-electron chi connectivity index (χ2n) is 24.1. The highest BCUT2D eigenvalue weighted by Crippen LogP contribution is 2.44. The van der Waals surface area contributed by atoms with Crippen LogP contribution in [0.2, 0.25) is 72.5 Å². The summed E-state index contributed by atoms with van der Waals surface area (Å²) in [6.07, 6.45) is 9.60. The molecular weight excluding hydrogens is 837 g/mol. The van der Waals surface area contributed by atoms with E-state index in [1.54, 1.807) is 7.11 Å². The third kappa shape index (κ3) is 17.4. The normalized spacial score (nSPS) is 17.9. The van der Waals surface area contributed by atoms with E-state index in [1.807, 2.05) is 25.1 Å². The van der Waals surface area contributed by atoms with Crippen LogP contribution in [0.1, 0.15) is 122 Å². The average Bonchev–Trinajstić information content (AvgIpc) is 3.11. The third-order valence-corrected chi connectivity index (χ3v) is 32.5. The van der Waals surface area contributed by atoms with Gasteiger partial charge in [0.05, 0.1) is 44.2 Å². The highest BCUT2D eigenvalue weighted by molar-refractivity contribution is 6.75. The van der Waals surface area contributed by atoms with Gasteiger partial charge in [-0.2, -0.15) is 0 Å². The Morgan fingerprint density at radius 1 is 0.645 bits per heavy atom. The highest BCUT2D eigenvalue weighted by atomic mass is 28.4. The molecular formula is C51H96O7Si4. The molecule has 0 aliphatic rings. The summed E-state index contributed by atoms with van der Waals surface area (Å²) < 4.78 is 41.6. The molecule has 358 valence electrons. The maximum atomic E-state index is 12.3. The maximum Gasteiger partial charge on any atom is 0.193 e. The Morgan fingerprint density at radius 3 is 1.50 bits per heavy atom. The van der Waals surface area contributed by atoms with Crippen LogP contribution in [0.25, 0.3) is 0 Å². The van der Waals surface area contributed by atoms with Crippen LogP contribution >= 0.6 is 0 Å². The molecule has 1 aromatic carbocycles. The van der Waals surface area contributed by atoms with Gasteiger partial charge in [-0.05, 0) is 109 Å². The van der Waals surface area contributed by atoms with Crippen LogP contribution in [0.15, 0.2) is 60.7 Å². The number of hydrogen-bond acceptors (Lipinski definition) is 7. The number of hydrogen-bond donors (Lipinski definition) is 0. The first-order valence-electron chi connectivity index (χ1n) is 23.2. The molecule has 0 amide bonds. The molecule has 1 rings (SSSR count). The molecule has 0 heterocycles. The predicted molar refractivity (Wildman–Crippen MR) is 277 cm³/mol. The minimum absolute atomic E-state index is 0.00813.